The molecule has 17 heavy (non-hydrogen) atoms. The van der Waals surface area contributed by atoms with Gasteiger partial charge in [-0.05, 0) is 18.2 Å². The molecule has 0 unspecified atom stereocenters. The summed E-state index contributed by atoms with van der Waals surface area (Å²) in [6.07, 6.45) is -4.42. The maximum atomic E-state index is 12.3. The van der Waals surface area contributed by atoms with E-state index in [1.807, 2.05) is 5.43 Å². The Morgan fingerprint density at radius 2 is 2.06 bits per heavy atom. The quantitative estimate of drug-likeness (QED) is 0.253. The van der Waals surface area contributed by atoms with Crippen LogP contribution < -0.4 is 17.0 Å². The molecule has 0 atom stereocenters. The Morgan fingerprint density at radius 3 is 2.53 bits per heavy atom. The number of amides is 1. The Bertz CT molecular complexity index is 422. The summed E-state index contributed by atoms with van der Waals surface area (Å²) < 4.78 is 37.0. The molecule has 0 saturated carbocycles. The predicted octanol–water partition coefficient (Wildman–Crippen LogP) is 1.37. The van der Waals surface area contributed by atoms with Gasteiger partial charge < -0.3 is 5.73 Å². The average Bonchev–Trinajstić information content (AvgIpc) is 2.25. The summed E-state index contributed by atoms with van der Waals surface area (Å²) in [6, 6.07) is 2.98. The Hall–Kier alpha value is -1.41. The Labute approximate surface area is 99.5 Å². The molecule has 5 N–H and O–H groups in total. The van der Waals surface area contributed by atoms with Gasteiger partial charge in [0.1, 0.15) is 0 Å². The van der Waals surface area contributed by atoms with Gasteiger partial charge in [0, 0.05) is 10.6 Å². The first kappa shape index (κ1) is 13.7. The maximum absolute atomic E-state index is 12.3. The number of hydrogen-bond donors (Lipinski definition) is 3. The lowest BCUT2D eigenvalue weighted by atomic mass is 10.2. The van der Waals surface area contributed by atoms with E-state index < -0.39 is 17.6 Å². The topological polar surface area (TPSA) is 81.1 Å². The molecule has 0 aliphatic heterocycles. The Balaban J connectivity index is 2.80. The first-order chi connectivity index (χ1) is 7.84. The second kappa shape index (κ2) is 5.28. The van der Waals surface area contributed by atoms with Crippen LogP contribution in [0.3, 0.4) is 0 Å². The number of carbonyl (C=O) groups excluding carboxylic acids is 1. The van der Waals surface area contributed by atoms with Gasteiger partial charge in [0.25, 0.3) is 0 Å². The van der Waals surface area contributed by atoms with Crippen LogP contribution in [0, 0.1) is 0 Å². The molecule has 0 heterocycles. The van der Waals surface area contributed by atoms with Gasteiger partial charge in [-0.2, -0.15) is 13.2 Å². The normalized spacial score (nSPS) is 11.3. The molecule has 1 aromatic rings. The number of thioether (sulfide) groups is 1. The van der Waals surface area contributed by atoms with Crippen molar-refractivity contribution in [3.63, 3.8) is 0 Å². The molecule has 1 rings (SSSR count). The van der Waals surface area contributed by atoms with E-state index in [0.717, 1.165) is 23.9 Å². The summed E-state index contributed by atoms with van der Waals surface area (Å²) in [7, 11) is 0. The van der Waals surface area contributed by atoms with E-state index in [2.05, 4.69) is 0 Å². The highest BCUT2D eigenvalue weighted by atomic mass is 32.2. The van der Waals surface area contributed by atoms with Gasteiger partial charge in [-0.15, -0.1) is 11.8 Å². The molecule has 1 amide bonds. The lowest BCUT2D eigenvalue weighted by Crippen LogP contribution is -2.31. The lowest BCUT2D eigenvalue weighted by molar-refractivity contribution is -0.137. The molecule has 0 saturated heterocycles. The Morgan fingerprint density at radius 1 is 1.41 bits per heavy atom. The van der Waals surface area contributed by atoms with Crippen LogP contribution in [0.4, 0.5) is 18.9 Å². The van der Waals surface area contributed by atoms with Crippen LogP contribution >= 0.6 is 11.8 Å². The highest BCUT2D eigenvalue weighted by molar-refractivity contribution is 8.00. The zero-order valence-corrected chi connectivity index (χ0v) is 9.36. The van der Waals surface area contributed by atoms with Crippen LogP contribution in [0.25, 0.3) is 0 Å². The summed E-state index contributed by atoms with van der Waals surface area (Å²) in [5.41, 5.74) is 6.54. The average molecular weight is 265 g/mol. The van der Waals surface area contributed by atoms with Crippen molar-refractivity contribution in [2.75, 3.05) is 11.5 Å². The lowest BCUT2D eigenvalue weighted by Gasteiger charge is -2.10. The fourth-order valence-electron chi connectivity index (χ4n) is 1.04. The van der Waals surface area contributed by atoms with Crippen LogP contribution in [0.2, 0.25) is 0 Å². The number of rotatable bonds is 3. The molecule has 0 radical (unpaired) electrons. The number of halogens is 3. The van der Waals surface area contributed by atoms with Crippen LogP contribution in [-0.2, 0) is 11.0 Å². The number of carbonyl (C=O) groups is 1. The van der Waals surface area contributed by atoms with Crippen molar-refractivity contribution in [2.24, 2.45) is 5.84 Å². The van der Waals surface area contributed by atoms with Gasteiger partial charge >= 0.3 is 6.18 Å². The van der Waals surface area contributed by atoms with Crippen LogP contribution in [0.15, 0.2) is 23.1 Å². The van der Waals surface area contributed by atoms with E-state index in [0.29, 0.717) is 4.90 Å². The maximum Gasteiger partial charge on any atom is 0.416 e. The highest BCUT2D eigenvalue weighted by Gasteiger charge is 2.30. The summed E-state index contributed by atoms with van der Waals surface area (Å²) in [6.45, 7) is 0. The number of nitrogens with two attached hydrogens (primary N) is 2. The molecule has 94 valence electrons. The van der Waals surface area contributed by atoms with Crippen molar-refractivity contribution in [1.82, 2.24) is 5.43 Å². The standard InChI is InChI=1S/C9H10F3N3OS/c10-9(11,12)5-1-2-7(6(13)3-5)17-4-8(16)15-14/h1-3H,4,13-14H2,(H,15,16). The molecule has 0 aromatic heterocycles. The number of benzene rings is 1. The van der Waals surface area contributed by atoms with Gasteiger partial charge in [-0.3, -0.25) is 10.2 Å². The fraction of sp³-hybridized carbons (Fsp3) is 0.222. The van der Waals surface area contributed by atoms with Crippen molar-refractivity contribution in [3.05, 3.63) is 23.8 Å². The Kier molecular flexibility index (Phi) is 4.24. The zero-order valence-electron chi connectivity index (χ0n) is 8.54. The highest BCUT2D eigenvalue weighted by Crippen LogP contribution is 2.34. The fourth-order valence-corrected chi connectivity index (χ4v) is 1.80. The first-order valence-electron chi connectivity index (χ1n) is 4.43. The van der Waals surface area contributed by atoms with Crippen LogP contribution in [-0.4, -0.2) is 11.7 Å². The van der Waals surface area contributed by atoms with E-state index in [1.54, 1.807) is 0 Å². The molecule has 0 spiro atoms. The summed E-state index contributed by atoms with van der Waals surface area (Å²) in [5.74, 6) is 4.42. The van der Waals surface area contributed by atoms with Crippen molar-refractivity contribution >= 4 is 23.4 Å². The second-order valence-electron chi connectivity index (χ2n) is 3.11. The number of hydrazine groups is 1. The van der Waals surface area contributed by atoms with Gasteiger partial charge in [0.05, 0.1) is 11.3 Å². The summed E-state index contributed by atoms with van der Waals surface area (Å²) >= 11 is 1.01. The SMILES string of the molecule is NNC(=O)CSc1ccc(C(F)(F)F)cc1N. The van der Waals surface area contributed by atoms with Crippen molar-refractivity contribution in [3.8, 4) is 0 Å². The van der Waals surface area contributed by atoms with E-state index in [1.165, 1.54) is 6.07 Å². The van der Waals surface area contributed by atoms with Crippen LogP contribution in [0.5, 0.6) is 0 Å². The minimum absolute atomic E-state index is 0.00787. The second-order valence-corrected chi connectivity index (χ2v) is 4.12. The van der Waals surface area contributed by atoms with Gasteiger partial charge in [-0.25, -0.2) is 5.84 Å². The smallest absolute Gasteiger partial charge is 0.398 e. The zero-order chi connectivity index (χ0) is 13.1. The third kappa shape index (κ3) is 3.82. The third-order valence-electron chi connectivity index (χ3n) is 1.86. The molecule has 1 aromatic carbocycles. The predicted molar refractivity (Wildman–Crippen MR) is 58.9 cm³/mol. The van der Waals surface area contributed by atoms with Crippen molar-refractivity contribution < 1.29 is 18.0 Å². The van der Waals surface area contributed by atoms with E-state index >= 15 is 0 Å². The van der Waals surface area contributed by atoms with E-state index in [-0.39, 0.29) is 11.4 Å². The first-order valence-corrected chi connectivity index (χ1v) is 5.42. The molecule has 0 fully saturated rings. The molecule has 0 aliphatic rings. The van der Waals surface area contributed by atoms with E-state index in [9.17, 15) is 18.0 Å². The number of alkyl halides is 3. The van der Waals surface area contributed by atoms with Crippen LogP contribution in [0.1, 0.15) is 5.56 Å². The minimum Gasteiger partial charge on any atom is -0.398 e. The van der Waals surface area contributed by atoms with Crippen molar-refractivity contribution in [1.29, 1.82) is 0 Å². The molecule has 8 heteroatoms. The van der Waals surface area contributed by atoms with Gasteiger partial charge in [-0.1, -0.05) is 0 Å². The van der Waals surface area contributed by atoms with Crippen molar-refractivity contribution in [2.45, 2.75) is 11.1 Å². The monoisotopic (exact) mass is 265 g/mol. The molecule has 4 nitrogen and oxygen atoms in total. The number of nitrogens with one attached hydrogen (secondary N) is 1. The summed E-state index contributed by atoms with van der Waals surface area (Å²) in [4.78, 5) is 11.2. The number of anilines is 1. The molecule has 0 bridgehead atoms. The minimum atomic E-state index is -4.42. The molecular formula is C9H10F3N3OS. The number of hydrogen-bond acceptors (Lipinski definition) is 4. The largest absolute Gasteiger partial charge is 0.416 e. The van der Waals surface area contributed by atoms with E-state index in [4.69, 9.17) is 11.6 Å². The third-order valence-corrected chi connectivity index (χ3v) is 2.95. The van der Waals surface area contributed by atoms with Gasteiger partial charge in [0.15, 0.2) is 0 Å². The molecule has 0 aliphatic carbocycles. The summed E-state index contributed by atoms with van der Waals surface area (Å²) in [5, 5.41) is 0. The molecular weight excluding hydrogens is 255 g/mol. The van der Waals surface area contributed by atoms with Gasteiger partial charge in [0.2, 0.25) is 5.91 Å². The number of nitrogen functional groups attached to an aromatic ring is 1.